The second-order valence-corrected chi connectivity index (χ2v) is 7.46. The molecule has 2 aliphatic heterocycles. The lowest BCUT2D eigenvalue weighted by Gasteiger charge is -2.26. The van der Waals surface area contributed by atoms with Crippen molar-refractivity contribution >= 4 is 5.97 Å². The highest BCUT2D eigenvalue weighted by molar-refractivity contribution is 5.89. The molecular formula is C20H26O5. The zero-order chi connectivity index (χ0) is 17.2. The molecule has 0 aromatic heterocycles. The fraction of sp³-hybridized carbons (Fsp3) is 0.650. The van der Waals surface area contributed by atoms with E-state index < -0.39 is 0 Å². The van der Waals surface area contributed by atoms with Gasteiger partial charge in [0, 0.05) is 6.61 Å². The number of esters is 1. The van der Waals surface area contributed by atoms with E-state index in [0.717, 1.165) is 30.9 Å². The van der Waals surface area contributed by atoms with Gasteiger partial charge in [0.25, 0.3) is 0 Å². The predicted molar refractivity (Wildman–Crippen MR) is 91.8 cm³/mol. The van der Waals surface area contributed by atoms with Gasteiger partial charge in [-0.3, -0.25) is 0 Å². The molecule has 0 N–H and O–H groups in total. The standard InChI is InChI=1S/C20H26O5/c1-13-2-6-15(7-3-13)24-16-8-4-14(5-9-16)20(21)25-18-12-23-17-10-11-22-19(17)18/h4-5,8-9,13,15,17-19H,2-3,6-7,10-12H2,1H3/t13?,15?,17-,18?,19+/m0/s1. The molecular weight excluding hydrogens is 320 g/mol. The smallest absolute Gasteiger partial charge is 0.338 e. The van der Waals surface area contributed by atoms with Crippen molar-refractivity contribution in [3.8, 4) is 5.75 Å². The first-order valence-corrected chi connectivity index (χ1v) is 9.40. The van der Waals surface area contributed by atoms with E-state index in [1.54, 1.807) is 12.1 Å². The number of hydrogen-bond acceptors (Lipinski definition) is 5. The summed E-state index contributed by atoms with van der Waals surface area (Å²) in [5.74, 6) is 1.29. The van der Waals surface area contributed by atoms with Gasteiger partial charge in [-0.15, -0.1) is 0 Å². The molecule has 3 aliphatic rings. The largest absolute Gasteiger partial charge is 0.490 e. The summed E-state index contributed by atoms with van der Waals surface area (Å²) in [5.41, 5.74) is 0.533. The molecule has 5 heteroatoms. The second kappa shape index (κ2) is 7.34. The average molecular weight is 346 g/mol. The Hall–Kier alpha value is -1.59. The van der Waals surface area contributed by atoms with E-state index in [1.165, 1.54) is 12.8 Å². The van der Waals surface area contributed by atoms with Crippen LogP contribution in [-0.2, 0) is 14.2 Å². The highest BCUT2D eigenvalue weighted by Crippen LogP contribution is 2.30. The molecule has 0 spiro atoms. The summed E-state index contributed by atoms with van der Waals surface area (Å²) in [7, 11) is 0. The Labute approximate surface area is 148 Å². The molecule has 3 atom stereocenters. The van der Waals surface area contributed by atoms with E-state index in [0.29, 0.717) is 24.9 Å². The highest BCUT2D eigenvalue weighted by Gasteiger charge is 2.44. The van der Waals surface area contributed by atoms with Gasteiger partial charge < -0.3 is 18.9 Å². The molecule has 5 nitrogen and oxygen atoms in total. The van der Waals surface area contributed by atoms with Crippen LogP contribution in [0.2, 0.25) is 0 Å². The molecule has 1 aliphatic carbocycles. The summed E-state index contributed by atoms with van der Waals surface area (Å²) in [6.45, 7) is 3.39. The van der Waals surface area contributed by atoms with E-state index in [1.807, 2.05) is 12.1 Å². The molecule has 136 valence electrons. The van der Waals surface area contributed by atoms with Gasteiger partial charge in [-0.25, -0.2) is 4.79 Å². The van der Waals surface area contributed by atoms with E-state index >= 15 is 0 Å². The number of ether oxygens (including phenoxy) is 4. The average Bonchev–Trinajstić information content (AvgIpc) is 3.23. The monoisotopic (exact) mass is 346 g/mol. The molecule has 0 amide bonds. The number of fused-ring (bicyclic) bond motifs is 1. The van der Waals surface area contributed by atoms with Crippen molar-refractivity contribution in [1.82, 2.24) is 0 Å². The van der Waals surface area contributed by atoms with Crippen LogP contribution in [0.4, 0.5) is 0 Å². The Balaban J connectivity index is 1.31. The molecule has 4 rings (SSSR count). The summed E-state index contributed by atoms with van der Waals surface area (Å²) in [6, 6.07) is 7.25. The van der Waals surface area contributed by atoms with Crippen LogP contribution in [-0.4, -0.2) is 43.6 Å². The summed E-state index contributed by atoms with van der Waals surface area (Å²) >= 11 is 0. The maximum Gasteiger partial charge on any atom is 0.338 e. The Bertz CT molecular complexity index is 591. The Morgan fingerprint density at radius 3 is 2.56 bits per heavy atom. The quantitative estimate of drug-likeness (QED) is 0.783. The van der Waals surface area contributed by atoms with Crippen LogP contribution in [0, 0.1) is 5.92 Å². The Kier molecular flexibility index (Phi) is 4.95. The van der Waals surface area contributed by atoms with Crippen molar-refractivity contribution in [1.29, 1.82) is 0 Å². The van der Waals surface area contributed by atoms with Gasteiger partial charge in [-0.2, -0.15) is 0 Å². The van der Waals surface area contributed by atoms with Crippen LogP contribution in [0.1, 0.15) is 49.4 Å². The summed E-state index contributed by atoms with van der Waals surface area (Å²) in [6.07, 6.45) is 5.49. The van der Waals surface area contributed by atoms with Crippen molar-refractivity contribution in [2.75, 3.05) is 13.2 Å². The van der Waals surface area contributed by atoms with E-state index in [4.69, 9.17) is 18.9 Å². The highest BCUT2D eigenvalue weighted by atomic mass is 16.6. The fourth-order valence-electron chi connectivity index (χ4n) is 3.95. The van der Waals surface area contributed by atoms with E-state index in [-0.39, 0.29) is 24.3 Å². The van der Waals surface area contributed by atoms with Crippen LogP contribution in [0.3, 0.4) is 0 Å². The zero-order valence-corrected chi connectivity index (χ0v) is 14.7. The summed E-state index contributed by atoms with van der Waals surface area (Å²) < 4.78 is 22.9. The molecule has 3 fully saturated rings. The molecule has 1 aromatic carbocycles. The van der Waals surface area contributed by atoms with Gasteiger partial charge in [0.2, 0.25) is 0 Å². The van der Waals surface area contributed by atoms with Gasteiger partial charge in [0.1, 0.15) is 11.9 Å². The lowest BCUT2D eigenvalue weighted by Crippen LogP contribution is -2.32. The molecule has 0 radical (unpaired) electrons. The maximum absolute atomic E-state index is 12.4. The van der Waals surface area contributed by atoms with Crippen LogP contribution in [0.25, 0.3) is 0 Å². The SMILES string of the molecule is CC1CCC(Oc2ccc(C(=O)OC3CO[C@H]4CCO[C@@H]34)cc2)CC1. The third-order valence-corrected chi connectivity index (χ3v) is 5.53. The number of benzene rings is 1. The summed E-state index contributed by atoms with van der Waals surface area (Å²) in [5, 5.41) is 0. The maximum atomic E-state index is 12.4. The Morgan fingerprint density at radius 2 is 1.80 bits per heavy atom. The minimum absolute atomic E-state index is 0.0757. The number of hydrogen-bond donors (Lipinski definition) is 0. The fourth-order valence-corrected chi connectivity index (χ4v) is 3.95. The number of carbonyl (C=O) groups is 1. The number of carbonyl (C=O) groups excluding carboxylic acids is 1. The minimum Gasteiger partial charge on any atom is -0.490 e. The first-order chi connectivity index (χ1) is 12.2. The van der Waals surface area contributed by atoms with E-state index in [2.05, 4.69) is 6.92 Å². The Morgan fingerprint density at radius 1 is 1.04 bits per heavy atom. The minimum atomic E-state index is -0.331. The number of rotatable bonds is 4. The van der Waals surface area contributed by atoms with Crippen molar-refractivity contribution in [3.05, 3.63) is 29.8 Å². The lowest BCUT2D eigenvalue weighted by atomic mass is 9.89. The van der Waals surface area contributed by atoms with Crippen molar-refractivity contribution in [2.24, 2.45) is 5.92 Å². The van der Waals surface area contributed by atoms with Crippen molar-refractivity contribution < 1.29 is 23.7 Å². The molecule has 25 heavy (non-hydrogen) atoms. The molecule has 0 bridgehead atoms. The van der Waals surface area contributed by atoms with Crippen molar-refractivity contribution in [3.63, 3.8) is 0 Å². The first kappa shape index (κ1) is 16.9. The predicted octanol–water partition coefficient (Wildman–Crippen LogP) is 3.36. The topological polar surface area (TPSA) is 54.0 Å². The first-order valence-electron chi connectivity index (χ1n) is 9.40. The molecule has 1 saturated carbocycles. The molecule has 1 unspecified atom stereocenters. The second-order valence-electron chi connectivity index (χ2n) is 7.46. The van der Waals surface area contributed by atoms with Gasteiger partial charge in [-0.05, 0) is 62.3 Å². The van der Waals surface area contributed by atoms with E-state index in [9.17, 15) is 4.79 Å². The van der Waals surface area contributed by atoms with Crippen LogP contribution in [0.5, 0.6) is 5.75 Å². The lowest BCUT2D eigenvalue weighted by molar-refractivity contribution is -0.0148. The third kappa shape index (κ3) is 3.82. The van der Waals surface area contributed by atoms with Crippen LogP contribution >= 0.6 is 0 Å². The zero-order valence-electron chi connectivity index (χ0n) is 14.7. The van der Waals surface area contributed by atoms with Gasteiger partial charge in [-0.1, -0.05) is 6.92 Å². The third-order valence-electron chi connectivity index (χ3n) is 5.53. The molecule has 1 aromatic rings. The van der Waals surface area contributed by atoms with Crippen LogP contribution in [0.15, 0.2) is 24.3 Å². The molecule has 2 heterocycles. The van der Waals surface area contributed by atoms with Gasteiger partial charge in [0.15, 0.2) is 6.10 Å². The van der Waals surface area contributed by atoms with Crippen LogP contribution < -0.4 is 4.74 Å². The van der Waals surface area contributed by atoms with Crippen molar-refractivity contribution in [2.45, 2.75) is 63.4 Å². The summed E-state index contributed by atoms with van der Waals surface area (Å²) in [4.78, 5) is 12.4. The normalized spacial score (nSPS) is 34.5. The molecule has 2 saturated heterocycles. The van der Waals surface area contributed by atoms with Gasteiger partial charge in [0.05, 0.1) is 24.4 Å². The van der Waals surface area contributed by atoms with Gasteiger partial charge >= 0.3 is 5.97 Å².